The number of hydrogen-bond donors (Lipinski definition) is 1. The number of carbonyl (C=O) groups excluding carboxylic acids is 1. The van der Waals surface area contributed by atoms with Crippen molar-refractivity contribution in [1.29, 1.82) is 0 Å². The Morgan fingerprint density at radius 3 is 2.68 bits per heavy atom. The molecule has 3 aromatic rings. The Bertz CT molecular complexity index is 1010. The topological polar surface area (TPSA) is 69.0 Å². The number of nitrogens with one attached hydrogen (secondary N) is 1. The van der Waals surface area contributed by atoms with Crippen LogP contribution in [0.3, 0.4) is 0 Å². The van der Waals surface area contributed by atoms with E-state index in [9.17, 15) is 9.18 Å². The second-order valence-corrected chi connectivity index (χ2v) is 8.58. The Labute approximate surface area is 186 Å². The van der Waals surface area contributed by atoms with Gasteiger partial charge in [-0.1, -0.05) is 49.9 Å². The summed E-state index contributed by atoms with van der Waals surface area (Å²) in [5.74, 6) is 1.57. The molecule has 0 aliphatic carbocycles. The fraction of sp³-hybridized carbons (Fsp3) is 0.348. The predicted octanol–water partition coefficient (Wildman–Crippen LogP) is 5.08. The maximum absolute atomic E-state index is 13.7. The van der Waals surface area contributed by atoms with E-state index in [1.54, 1.807) is 19.1 Å². The molecule has 0 aliphatic heterocycles. The van der Waals surface area contributed by atoms with Gasteiger partial charge in [0.2, 0.25) is 5.91 Å². The number of nitrogens with zero attached hydrogens (tertiary/aromatic N) is 3. The molecule has 0 atom stereocenters. The van der Waals surface area contributed by atoms with Gasteiger partial charge in [-0.3, -0.25) is 4.79 Å². The van der Waals surface area contributed by atoms with E-state index in [1.165, 1.54) is 17.8 Å². The maximum Gasteiger partial charge on any atom is 0.234 e. The third-order valence-electron chi connectivity index (χ3n) is 4.62. The molecule has 1 N–H and O–H groups in total. The number of hydrogen-bond acceptors (Lipinski definition) is 5. The summed E-state index contributed by atoms with van der Waals surface area (Å²) >= 11 is 1.30. The number of aryl methyl sites for hydroxylation is 1. The number of amides is 1. The van der Waals surface area contributed by atoms with Crippen molar-refractivity contribution in [2.45, 2.75) is 45.5 Å². The first-order chi connectivity index (χ1) is 14.9. The van der Waals surface area contributed by atoms with E-state index in [-0.39, 0.29) is 17.5 Å². The molecule has 31 heavy (non-hydrogen) atoms. The zero-order valence-electron chi connectivity index (χ0n) is 18.0. The summed E-state index contributed by atoms with van der Waals surface area (Å²) < 4.78 is 21.5. The van der Waals surface area contributed by atoms with Gasteiger partial charge in [0, 0.05) is 12.2 Å². The van der Waals surface area contributed by atoms with Crippen LogP contribution in [0.5, 0.6) is 5.75 Å². The molecular weight excluding hydrogens is 415 g/mol. The summed E-state index contributed by atoms with van der Waals surface area (Å²) in [5, 5.41) is 11.9. The van der Waals surface area contributed by atoms with Gasteiger partial charge in [0.05, 0.1) is 5.75 Å². The SMILES string of the molecule is Cc1ccc(NC(=O)CSc2nnc(COc3ccccc3)n2CCC(C)C)cc1F. The van der Waals surface area contributed by atoms with Gasteiger partial charge in [-0.05, 0) is 49.1 Å². The molecule has 6 nitrogen and oxygen atoms in total. The van der Waals surface area contributed by atoms with Crippen LogP contribution in [0.15, 0.2) is 53.7 Å². The highest BCUT2D eigenvalue weighted by Gasteiger charge is 2.15. The van der Waals surface area contributed by atoms with Gasteiger partial charge in [0.25, 0.3) is 0 Å². The predicted molar refractivity (Wildman–Crippen MR) is 121 cm³/mol. The second kappa shape index (κ2) is 10.9. The first-order valence-corrected chi connectivity index (χ1v) is 11.2. The Hall–Kier alpha value is -2.87. The van der Waals surface area contributed by atoms with Crippen LogP contribution in [0.4, 0.5) is 10.1 Å². The Kier molecular flexibility index (Phi) is 8.06. The molecule has 2 aromatic carbocycles. The lowest BCUT2D eigenvalue weighted by molar-refractivity contribution is -0.113. The molecule has 0 saturated heterocycles. The van der Waals surface area contributed by atoms with E-state index in [0.29, 0.717) is 34.8 Å². The molecule has 0 spiro atoms. The van der Waals surface area contributed by atoms with Gasteiger partial charge in [-0.25, -0.2) is 4.39 Å². The number of halogens is 1. The maximum atomic E-state index is 13.7. The minimum Gasteiger partial charge on any atom is -0.486 e. The third kappa shape index (κ3) is 6.82. The van der Waals surface area contributed by atoms with E-state index in [2.05, 4.69) is 29.4 Å². The summed E-state index contributed by atoms with van der Waals surface area (Å²) in [5.41, 5.74) is 0.975. The lowest BCUT2D eigenvalue weighted by Gasteiger charge is -2.12. The molecular formula is C23H27FN4O2S. The average molecular weight is 443 g/mol. The summed E-state index contributed by atoms with van der Waals surface area (Å²) in [4.78, 5) is 12.3. The molecule has 1 amide bonds. The highest BCUT2D eigenvalue weighted by molar-refractivity contribution is 7.99. The molecule has 0 saturated carbocycles. The number of aromatic nitrogens is 3. The largest absolute Gasteiger partial charge is 0.486 e. The lowest BCUT2D eigenvalue weighted by Crippen LogP contribution is -2.15. The van der Waals surface area contributed by atoms with Gasteiger partial charge in [-0.15, -0.1) is 10.2 Å². The summed E-state index contributed by atoms with van der Waals surface area (Å²) in [7, 11) is 0. The molecule has 1 heterocycles. The molecule has 0 radical (unpaired) electrons. The van der Waals surface area contributed by atoms with Crippen molar-refractivity contribution >= 4 is 23.4 Å². The smallest absolute Gasteiger partial charge is 0.234 e. The summed E-state index contributed by atoms with van der Waals surface area (Å²) in [6.07, 6.45) is 0.957. The van der Waals surface area contributed by atoms with Crippen LogP contribution in [0.1, 0.15) is 31.7 Å². The van der Waals surface area contributed by atoms with Crippen molar-refractivity contribution in [2.75, 3.05) is 11.1 Å². The standard InChI is InChI=1S/C23H27FN4O2S/c1-16(2)11-12-28-21(14-30-19-7-5-4-6-8-19)26-27-23(28)31-15-22(29)25-18-10-9-17(3)20(24)13-18/h4-10,13,16H,11-12,14-15H2,1-3H3,(H,25,29). The van der Waals surface area contributed by atoms with Crippen molar-refractivity contribution in [2.24, 2.45) is 5.92 Å². The van der Waals surface area contributed by atoms with E-state index in [1.807, 2.05) is 34.9 Å². The van der Waals surface area contributed by atoms with E-state index < -0.39 is 0 Å². The number of ether oxygens (including phenoxy) is 1. The van der Waals surface area contributed by atoms with Crippen LogP contribution >= 0.6 is 11.8 Å². The fourth-order valence-electron chi connectivity index (χ4n) is 2.81. The van der Waals surface area contributed by atoms with Crippen LogP contribution in [-0.4, -0.2) is 26.4 Å². The van der Waals surface area contributed by atoms with Crippen molar-refractivity contribution in [3.63, 3.8) is 0 Å². The molecule has 0 unspecified atom stereocenters. The van der Waals surface area contributed by atoms with E-state index in [4.69, 9.17) is 4.74 Å². The number of benzene rings is 2. The minimum atomic E-state index is -0.345. The molecule has 0 fully saturated rings. The van der Waals surface area contributed by atoms with Gasteiger partial charge < -0.3 is 14.6 Å². The van der Waals surface area contributed by atoms with Crippen LogP contribution in [0.2, 0.25) is 0 Å². The monoisotopic (exact) mass is 442 g/mol. The molecule has 1 aromatic heterocycles. The Morgan fingerprint density at radius 1 is 1.19 bits per heavy atom. The fourth-order valence-corrected chi connectivity index (χ4v) is 3.59. The molecule has 0 bridgehead atoms. The summed E-state index contributed by atoms with van der Waals surface area (Å²) in [6.45, 7) is 7.03. The van der Waals surface area contributed by atoms with Crippen molar-refractivity contribution in [3.05, 3.63) is 65.7 Å². The average Bonchev–Trinajstić information content (AvgIpc) is 3.14. The second-order valence-electron chi connectivity index (χ2n) is 7.64. The van der Waals surface area contributed by atoms with Crippen LogP contribution in [0.25, 0.3) is 0 Å². The lowest BCUT2D eigenvalue weighted by atomic mass is 10.1. The van der Waals surface area contributed by atoms with Crippen molar-refractivity contribution < 1.29 is 13.9 Å². The van der Waals surface area contributed by atoms with Gasteiger partial charge >= 0.3 is 0 Å². The third-order valence-corrected chi connectivity index (χ3v) is 5.59. The number of rotatable bonds is 10. The van der Waals surface area contributed by atoms with Crippen molar-refractivity contribution in [3.8, 4) is 5.75 Å². The highest BCUT2D eigenvalue weighted by Crippen LogP contribution is 2.21. The highest BCUT2D eigenvalue weighted by atomic mass is 32.2. The Balaban J connectivity index is 1.63. The first kappa shape index (κ1) is 22.8. The zero-order valence-corrected chi connectivity index (χ0v) is 18.8. The molecule has 8 heteroatoms. The van der Waals surface area contributed by atoms with Gasteiger partial charge in [-0.2, -0.15) is 0 Å². The molecule has 3 rings (SSSR count). The number of thioether (sulfide) groups is 1. The van der Waals surface area contributed by atoms with E-state index >= 15 is 0 Å². The minimum absolute atomic E-state index is 0.148. The normalized spacial score (nSPS) is 11.0. The van der Waals surface area contributed by atoms with E-state index in [0.717, 1.165) is 18.7 Å². The van der Waals surface area contributed by atoms with Crippen LogP contribution < -0.4 is 10.1 Å². The van der Waals surface area contributed by atoms with Gasteiger partial charge in [0.15, 0.2) is 11.0 Å². The van der Waals surface area contributed by atoms with Crippen LogP contribution in [-0.2, 0) is 17.9 Å². The molecule has 0 aliphatic rings. The number of anilines is 1. The number of para-hydroxylation sites is 1. The van der Waals surface area contributed by atoms with Crippen molar-refractivity contribution in [1.82, 2.24) is 14.8 Å². The summed E-state index contributed by atoms with van der Waals surface area (Å²) in [6, 6.07) is 14.2. The Morgan fingerprint density at radius 2 is 1.97 bits per heavy atom. The quantitative estimate of drug-likeness (QED) is 0.444. The van der Waals surface area contributed by atoms with Crippen LogP contribution in [0, 0.1) is 18.7 Å². The number of carbonyl (C=O) groups is 1. The zero-order chi connectivity index (χ0) is 22.2. The van der Waals surface area contributed by atoms with Gasteiger partial charge in [0.1, 0.15) is 18.2 Å². The first-order valence-electron chi connectivity index (χ1n) is 10.2. The molecule has 164 valence electrons.